The molecule has 1 saturated heterocycles. The summed E-state index contributed by atoms with van der Waals surface area (Å²) in [5.74, 6) is 0.670. The molecule has 5 nitrogen and oxygen atoms in total. The number of nitrogen functional groups attached to an aromatic ring is 1. The topological polar surface area (TPSA) is 75.2 Å². The van der Waals surface area contributed by atoms with Crippen molar-refractivity contribution in [2.24, 2.45) is 0 Å². The summed E-state index contributed by atoms with van der Waals surface area (Å²) in [5, 5.41) is 9.10. The van der Waals surface area contributed by atoms with Crippen molar-refractivity contribution in [3.8, 4) is 6.07 Å². The van der Waals surface area contributed by atoms with Crippen molar-refractivity contribution in [1.82, 2.24) is 4.98 Å². The summed E-state index contributed by atoms with van der Waals surface area (Å²) in [6, 6.07) is 4.04. The van der Waals surface area contributed by atoms with E-state index in [1.165, 1.54) is 0 Å². The van der Waals surface area contributed by atoms with Crippen molar-refractivity contribution < 1.29 is 4.74 Å². The van der Waals surface area contributed by atoms with Crippen molar-refractivity contribution in [3.63, 3.8) is 0 Å². The Labute approximate surface area is 101 Å². The summed E-state index contributed by atoms with van der Waals surface area (Å²) < 4.78 is 5.53. The van der Waals surface area contributed by atoms with Crippen LogP contribution in [0.5, 0.6) is 0 Å². The van der Waals surface area contributed by atoms with Gasteiger partial charge in [-0.2, -0.15) is 5.26 Å². The van der Waals surface area contributed by atoms with Crippen LogP contribution in [-0.4, -0.2) is 30.8 Å². The number of pyridine rings is 1. The Bertz CT molecular complexity index is 454. The average Bonchev–Trinajstić information content (AvgIpc) is 2.74. The van der Waals surface area contributed by atoms with Crippen LogP contribution in [0.2, 0.25) is 0 Å². The summed E-state index contributed by atoms with van der Waals surface area (Å²) >= 11 is 0. The summed E-state index contributed by atoms with van der Waals surface area (Å²) in [7, 11) is 1.94. The van der Waals surface area contributed by atoms with Crippen molar-refractivity contribution in [3.05, 3.63) is 17.8 Å². The van der Waals surface area contributed by atoms with Gasteiger partial charge in [0.25, 0.3) is 0 Å². The number of rotatable bonds is 2. The maximum atomic E-state index is 9.10. The Balaban J connectivity index is 2.30. The van der Waals surface area contributed by atoms with E-state index in [2.05, 4.69) is 11.1 Å². The first-order valence-corrected chi connectivity index (χ1v) is 5.63. The number of ether oxygens (including phenoxy) is 1. The second-order valence-corrected chi connectivity index (χ2v) is 4.29. The Morgan fingerprint density at radius 1 is 1.65 bits per heavy atom. The molecule has 1 aromatic rings. The number of anilines is 2. The predicted molar refractivity (Wildman–Crippen MR) is 65.6 cm³/mol. The quantitative estimate of drug-likeness (QED) is 0.827. The van der Waals surface area contributed by atoms with E-state index >= 15 is 0 Å². The highest BCUT2D eigenvalue weighted by molar-refractivity contribution is 5.59. The Morgan fingerprint density at radius 3 is 3.00 bits per heavy atom. The highest BCUT2D eigenvalue weighted by Gasteiger charge is 2.29. The summed E-state index contributed by atoms with van der Waals surface area (Å²) in [4.78, 5) is 6.26. The normalized spacial score (nSPS) is 23.4. The molecule has 5 heteroatoms. The monoisotopic (exact) mass is 232 g/mol. The predicted octanol–water partition coefficient (Wildman–Crippen LogP) is 1.15. The van der Waals surface area contributed by atoms with E-state index in [1.807, 2.05) is 18.9 Å². The lowest BCUT2D eigenvalue weighted by Crippen LogP contribution is -2.37. The maximum Gasteiger partial charge on any atom is 0.146 e. The number of hydrogen-bond donors (Lipinski definition) is 1. The molecule has 1 aliphatic rings. The van der Waals surface area contributed by atoms with Gasteiger partial charge in [-0.15, -0.1) is 0 Å². The van der Waals surface area contributed by atoms with Gasteiger partial charge in [0.05, 0.1) is 29.6 Å². The lowest BCUT2D eigenvalue weighted by Gasteiger charge is -2.28. The average molecular weight is 232 g/mol. The molecule has 2 atom stereocenters. The van der Waals surface area contributed by atoms with Gasteiger partial charge in [0, 0.05) is 13.7 Å². The molecule has 2 N–H and O–H groups in total. The van der Waals surface area contributed by atoms with Crippen LogP contribution in [0.25, 0.3) is 0 Å². The number of nitrogens with zero attached hydrogens (tertiary/aromatic N) is 3. The van der Waals surface area contributed by atoms with Gasteiger partial charge >= 0.3 is 0 Å². The molecule has 2 heterocycles. The zero-order chi connectivity index (χ0) is 12.4. The third kappa shape index (κ3) is 2.17. The van der Waals surface area contributed by atoms with E-state index in [-0.39, 0.29) is 12.1 Å². The number of aromatic nitrogens is 1. The molecule has 1 fully saturated rings. The van der Waals surface area contributed by atoms with E-state index in [9.17, 15) is 0 Å². The van der Waals surface area contributed by atoms with Crippen molar-refractivity contribution in [1.29, 1.82) is 5.26 Å². The molecule has 2 unspecified atom stereocenters. The van der Waals surface area contributed by atoms with Gasteiger partial charge in [-0.1, -0.05) is 0 Å². The summed E-state index contributed by atoms with van der Waals surface area (Å²) in [6.07, 6.45) is 2.69. The number of likely N-dealkylation sites (N-methyl/N-ethyl adjacent to an activating group) is 1. The minimum absolute atomic E-state index is 0.158. The highest BCUT2D eigenvalue weighted by Crippen LogP contribution is 2.25. The first-order chi connectivity index (χ1) is 8.13. The maximum absolute atomic E-state index is 9.10. The highest BCUT2D eigenvalue weighted by atomic mass is 16.5. The van der Waals surface area contributed by atoms with Gasteiger partial charge in [-0.3, -0.25) is 0 Å². The molecule has 0 radical (unpaired) electrons. The van der Waals surface area contributed by atoms with Gasteiger partial charge in [0.2, 0.25) is 0 Å². The molecule has 0 spiro atoms. The van der Waals surface area contributed by atoms with E-state index in [1.54, 1.807) is 12.3 Å². The molecular formula is C12H16N4O. The fraction of sp³-hybridized carbons (Fsp3) is 0.500. The Kier molecular flexibility index (Phi) is 3.16. The minimum atomic E-state index is 0.158. The van der Waals surface area contributed by atoms with Crippen LogP contribution in [-0.2, 0) is 4.74 Å². The zero-order valence-corrected chi connectivity index (χ0v) is 10.1. The smallest absolute Gasteiger partial charge is 0.146 e. The van der Waals surface area contributed by atoms with Crippen LogP contribution in [0.4, 0.5) is 11.5 Å². The third-order valence-electron chi connectivity index (χ3n) is 3.18. The van der Waals surface area contributed by atoms with Crippen LogP contribution in [0.15, 0.2) is 12.3 Å². The fourth-order valence-electron chi connectivity index (χ4n) is 2.22. The number of nitriles is 1. The molecule has 0 aliphatic carbocycles. The van der Waals surface area contributed by atoms with Crippen LogP contribution in [0, 0.1) is 11.3 Å². The van der Waals surface area contributed by atoms with Gasteiger partial charge in [-0.05, 0) is 19.4 Å². The van der Waals surface area contributed by atoms with E-state index in [4.69, 9.17) is 15.7 Å². The lowest BCUT2D eigenvalue weighted by atomic mass is 10.1. The summed E-state index contributed by atoms with van der Waals surface area (Å²) in [5.41, 5.74) is 6.64. The fourth-order valence-corrected chi connectivity index (χ4v) is 2.22. The molecule has 90 valence electrons. The molecule has 1 aromatic heterocycles. The van der Waals surface area contributed by atoms with Gasteiger partial charge in [0.1, 0.15) is 11.9 Å². The van der Waals surface area contributed by atoms with E-state index in [0.29, 0.717) is 17.1 Å². The van der Waals surface area contributed by atoms with Crippen molar-refractivity contribution in [2.45, 2.75) is 25.5 Å². The zero-order valence-electron chi connectivity index (χ0n) is 10.1. The first kappa shape index (κ1) is 11.7. The second kappa shape index (κ2) is 4.60. The molecule has 2 rings (SSSR count). The largest absolute Gasteiger partial charge is 0.397 e. The molecule has 0 amide bonds. The van der Waals surface area contributed by atoms with Crippen LogP contribution >= 0.6 is 0 Å². The molecule has 0 saturated carbocycles. The second-order valence-electron chi connectivity index (χ2n) is 4.29. The van der Waals surface area contributed by atoms with Crippen LogP contribution < -0.4 is 10.6 Å². The van der Waals surface area contributed by atoms with E-state index < -0.39 is 0 Å². The minimum Gasteiger partial charge on any atom is -0.397 e. The van der Waals surface area contributed by atoms with Crippen LogP contribution in [0.3, 0.4) is 0 Å². The van der Waals surface area contributed by atoms with Crippen molar-refractivity contribution in [2.75, 3.05) is 24.3 Å². The van der Waals surface area contributed by atoms with Gasteiger partial charge < -0.3 is 15.4 Å². The van der Waals surface area contributed by atoms with Gasteiger partial charge in [0.15, 0.2) is 0 Å². The van der Waals surface area contributed by atoms with Gasteiger partial charge in [-0.25, -0.2) is 4.98 Å². The first-order valence-electron chi connectivity index (χ1n) is 5.63. The number of hydrogen-bond acceptors (Lipinski definition) is 5. The molecule has 1 aliphatic heterocycles. The van der Waals surface area contributed by atoms with Crippen LogP contribution in [0.1, 0.15) is 18.9 Å². The lowest BCUT2D eigenvalue weighted by molar-refractivity contribution is 0.118. The number of nitrogens with two attached hydrogens (primary N) is 1. The Hall–Kier alpha value is -1.80. The molecule has 0 bridgehead atoms. The Morgan fingerprint density at radius 2 is 2.41 bits per heavy atom. The molecule has 17 heavy (non-hydrogen) atoms. The molecular weight excluding hydrogens is 216 g/mol. The third-order valence-corrected chi connectivity index (χ3v) is 3.18. The van der Waals surface area contributed by atoms with E-state index in [0.717, 1.165) is 13.0 Å². The SMILES string of the molecule is CC1OCCC1N(C)c1ncc(N)cc1C#N. The summed E-state index contributed by atoms with van der Waals surface area (Å²) in [6.45, 7) is 2.80. The molecule has 0 aromatic carbocycles. The van der Waals surface area contributed by atoms with Crippen molar-refractivity contribution >= 4 is 11.5 Å². The standard InChI is InChI=1S/C12H16N4O/c1-8-11(3-4-17-8)16(2)12-9(6-13)5-10(14)7-15-12/h5,7-8,11H,3-4,14H2,1-2H3.